The Morgan fingerprint density at radius 1 is 1.43 bits per heavy atom. The molecule has 0 amide bonds. The first kappa shape index (κ1) is 11.2. The minimum Gasteiger partial charge on any atom is -0.259 e. The molecule has 1 heterocycles. The van der Waals surface area contributed by atoms with Crippen LogP contribution in [0.5, 0.6) is 0 Å². The molecule has 0 aliphatic carbocycles. The topological polar surface area (TPSA) is 12.9 Å². The second kappa shape index (κ2) is 4.07. The van der Waals surface area contributed by atoms with Gasteiger partial charge in [0.25, 0.3) is 0 Å². The van der Waals surface area contributed by atoms with E-state index in [1.165, 1.54) is 6.20 Å². The molecule has 14 heavy (non-hydrogen) atoms. The number of aryl methyl sites for hydroxylation is 1. The lowest BCUT2D eigenvalue weighted by Crippen LogP contribution is -2.19. The summed E-state index contributed by atoms with van der Waals surface area (Å²) in [5.74, 6) is -0.186. The zero-order valence-corrected chi connectivity index (χ0v) is 9.39. The highest BCUT2D eigenvalue weighted by Gasteiger charge is 2.23. The number of aromatic nitrogens is 1. The molecule has 0 atom stereocenters. The van der Waals surface area contributed by atoms with Crippen LogP contribution in [0.3, 0.4) is 0 Å². The number of rotatable bonds is 3. The van der Waals surface area contributed by atoms with E-state index in [-0.39, 0.29) is 11.2 Å². The van der Waals surface area contributed by atoms with Gasteiger partial charge in [-0.15, -0.1) is 0 Å². The SMILES string of the molecule is CCCC(C)(C)c1cc(C)ncc1F. The minimum absolute atomic E-state index is 0.0907. The van der Waals surface area contributed by atoms with Crippen LogP contribution in [-0.2, 0) is 5.41 Å². The fourth-order valence-electron chi connectivity index (χ4n) is 1.82. The maximum Gasteiger partial charge on any atom is 0.145 e. The number of pyridine rings is 1. The summed E-state index contributed by atoms with van der Waals surface area (Å²) in [5.41, 5.74) is 1.57. The van der Waals surface area contributed by atoms with Crippen molar-refractivity contribution in [3.8, 4) is 0 Å². The Kier molecular flexibility index (Phi) is 3.25. The molecule has 0 spiro atoms. The van der Waals surface area contributed by atoms with Gasteiger partial charge in [-0.05, 0) is 30.4 Å². The highest BCUT2D eigenvalue weighted by Crippen LogP contribution is 2.30. The zero-order chi connectivity index (χ0) is 10.8. The Hall–Kier alpha value is -0.920. The molecule has 2 heteroatoms. The maximum atomic E-state index is 13.5. The van der Waals surface area contributed by atoms with Crippen LogP contribution in [0.25, 0.3) is 0 Å². The Morgan fingerprint density at radius 3 is 2.64 bits per heavy atom. The van der Waals surface area contributed by atoms with Gasteiger partial charge >= 0.3 is 0 Å². The molecule has 0 unspecified atom stereocenters. The van der Waals surface area contributed by atoms with Gasteiger partial charge < -0.3 is 0 Å². The molecule has 1 aromatic heterocycles. The first-order chi connectivity index (χ1) is 6.47. The lowest BCUT2D eigenvalue weighted by atomic mass is 9.80. The third kappa shape index (κ3) is 2.31. The highest BCUT2D eigenvalue weighted by atomic mass is 19.1. The second-order valence-corrected chi connectivity index (χ2v) is 4.44. The van der Waals surface area contributed by atoms with Crippen molar-refractivity contribution in [2.45, 2.75) is 46.0 Å². The first-order valence-corrected chi connectivity index (χ1v) is 5.10. The third-order valence-corrected chi connectivity index (χ3v) is 2.60. The van der Waals surface area contributed by atoms with Gasteiger partial charge in [-0.25, -0.2) is 4.39 Å². The van der Waals surface area contributed by atoms with Gasteiger partial charge in [-0.3, -0.25) is 4.98 Å². The predicted octanol–water partition coefficient (Wildman–Crippen LogP) is 3.61. The fourth-order valence-corrected chi connectivity index (χ4v) is 1.82. The molecule has 0 bridgehead atoms. The average molecular weight is 195 g/mol. The van der Waals surface area contributed by atoms with Crippen LogP contribution in [0.4, 0.5) is 4.39 Å². The van der Waals surface area contributed by atoms with E-state index in [2.05, 4.69) is 25.8 Å². The van der Waals surface area contributed by atoms with Crippen molar-refractivity contribution >= 4 is 0 Å². The van der Waals surface area contributed by atoms with Crippen LogP contribution in [-0.4, -0.2) is 4.98 Å². The van der Waals surface area contributed by atoms with Crippen molar-refractivity contribution < 1.29 is 4.39 Å². The van der Waals surface area contributed by atoms with Crippen LogP contribution < -0.4 is 0 Å². The standard InChI is InChI=1S/C12H18FN/c1-5-6-12(3,4)10-7-9(2)14-8-11(10)13/h7-8H,5-6H2,1-4H3. The van der Waals surface area contributed by atoms with Gasteiger partial charge in [0.2, 0.25) is 0 Å². The van der Waals surface area contributed by atoms with E-state index in [0.717, 1.165) is 24.1 Å². The van der Waals surface area contributed by atoms with E-state index >= 15 is 0 Å². The van der Waals surface area contributed by atoms with Gasteiger partial charge in [-0.2, -0.15) is 0 Å². The van der Waals surface area contributed by atoms with Gasteiger partial charge in [0.1, 0.15) is 5.82 Å². The number of hydrogen-bond acceptors (Lipinski definition) is 1. The molecule has 0 saturated carbocycles. The summed E-state index contributed by atoms with van der Waals surface area (Å²) in [6, 6.07) is 1.85. The Balaban J connectivity index is 3.10. The summed E-state index contributed by atoms with van der Waals surface area (Å²) >= 11 is 0. The lowest BCUT2D eigenvalue weighted by Gasteiger charge is -2.25. The quantitative estimate of drug-likeness (QED) is 0.718. The highest BCUT2D eigenvalue weighted by molar-refractivity contribution is 5.25. The van der Waals surface area contributed by atoms with Crippen LogP contribution >= 0.6 is 0 Å². The molecule has 0 aliphatic rings. The Morgan fingerprint density at radius 2 is 2.07 bits per heavy atom. The monoisotopic (exact) mass is 195 g/mol. The van der Waals surface area contributed by atoms with E-state index in [4.69, 9.17) is 0 Å². The van der Waals surface area contributed by atoms with Crippen LogP contribution in [0.2, 0.25) is 0 Å². The molecule has 1 rings (SSSR count). The van der Waals surface area contributed by atoms with Crippen molar-refractivity contribution in [3.05, 3.63) is 29.3 Å². The van der Waals surface area contributed by atoms with Gasteiger partial charge in [-0.1, -0.05) is 27.2 Å². The van der Waals surface area contributed by atoms with E-state index < -0.39 is 0 Å². The van der Waals surface area contributed by atoms with E-state index in [9.17, 15) is 4.39 Å². The number of nitrogens with zero attached hydrogens (tertiary/aromatic N) is 1. The molecular weight excluding hydrogens is 177 g/mol. The van der Waals surface area contributed by atoms with Crippen molar-refractivity contribution in [3.63, 3.8) is 0 Å². The summed E-state index contributed by atoms with van der Waals surface area (Å²) in [6.07, 6.45) is 3.38. The first-order valence-electron chi connectivity index (χ1n) is 5.10. The smallest absolute Gasteiger partial charge is 0.145 e. The Bertz CT molecular complexity index is 318. The summed E-state index contributed by atoms with van der Waals surface area (Å²) in [4.78, 5) is 3.94. The summed E-state index contributed by atoms with van der Waals surface area (Å²) < 4.78 is 13.5. The lowest BCUT2D eigenvalue weighted by molar-refractivity contribution is 0.442. The molecule has 0 saturated heterocycles. The van der Waals surface area contributed by atoms with Crippen LogP contribution in [0.1, 0.15) is 44.9 Å². The number of halogens is 1. The van der Waals surface area contributed by atoms with Gasteiger partial charge in [0.15, 0.2) is 0 Å². The molecule has 0 radical (unpaired) electrons. The fraction of sp³-hybridized carbons (Fsp3) is 0.583. The summed E-state index contributed by atoms with van der Waals surface area (Å²) in [5, 5.41) is 0. The summed E-state index contributed by atoms with van der Waals surface area (Å²) in [7, 11) is 0. The summed E-state index contributed by atoms with van der Waals surface area (Å²) in [6.45, 7) is 8.17. The molecular formula is C12H18FN. The normalized spacial score (nSPS) is 11.8. The molecule has 78 valence electrons. The predicted molar refractivity (Wildman–Crippen MR) is 56.9 cm³/mol. The van der Waals surface area contributed by atoms with E-state index in [1.807, 2.05) is 13.0 Å². The van der Waals surface area contributed by atoms with Crippen molar-refractivity contribution in [1.82, 2.24) is 4.98 Å². The van der Waals surface area contributed by atoms with Crippen molar-refractivity contribution in [2.75, 3.05) is 0 Å². The van der Waals surface area contributed by atoms with E-state index in [1.54, 1.807) is 0 Å². The average Bonchev–Trinajstić information content (AvgIpc) is 2.09. The number of hydrogen-bond donors (Lipinski definition) is 0. The van der Waals surface area contributed by atoms with Crippen molar-refractivity contribution in [2.24, 2.45) is 0 Å². The molecule has 1 aromatic rings. The Labute approximate surface area is 85.4 Å². The van der Waals surface area contributed by atoms with Crippen LogP contribution in [0.15, 0.2) is 12.3 Å². The zero-order valence-electron chi connectivity index (χ0n) is 9.39. The molecule has 0 aliphatic heterocycles. The molecule has 1 nitrogen and oxygen atoms in total. The van der Waals surface area contributed by atoms with Crippen LogP contribution in [0, 0.1) is 12.7 Å². The van der Waals surface area contributed by atoms with Crippen molar-refractivity contribution in [1.29, 1.82) is 0 Å². The molecule has 0 fully saturated rings. The van der Waals surface area contributed by atoms with Gasteiger partial charge in [0.05, 0.1) is 6.20 Å². The van der Waals surface area contributed by atoms with Gasteiger partial charge in [0, 0.05) is 5.69 Å². The minimum atomic E-state index is -0.186. The molecule has 0 aromatic carbocycles. The third-order valence-electron chi connectivity index (χ3n) is 2.60. The molecule has 0 N–H and O–H groups in total. The second-order valence-electron chi connectivity index (χ2n) is 4.44. The van der Waals surface area contributed by atoms with E-state index in [0.29, 0.717) is 0 Å². The maximum absolute atomic E-state index is 13.5. The largest absolute Gasteiger partial charge is 0.259 e.